The van der Waals surface area contributed by atoms with Gasteiger partial charge in [-0.05, 0) is 254 Å². The molecule has 1 saturated heterocycles. The van der Waals surface area contributed by atoms with E-state index >= 15 is 0 Å². The van der Waals surface area contributed by atoms with Crippen molar-refractivity contribution in [3.8, 4) is 0 Å². The van der Waals surface area contributed by atoms with Gasteiger partial charge in [0.25, 0.3) is 0 Å². The van der Waals surface area contributed by atoms with Crippen LogP contribution >= 0.6 is 0 Å². The summed E-state index contributed by atoms with van der Waals surface area (Å²) in [4.78, 5) is 46.8. The number of epoxide rings is 1. The molecule has 0 radical (unpaired) electrons. The van der Waals surface area contributed by atoms with E-state index in [1.807, 2.05) is 0 Å². The number of carbonyl (C=O) groups is 4. The molecule has 0 N–H and O–H groups in total. The lowest BCUT2D eigenvalue weighted by Gasteiger charge is -2.65. The largest absolute Gasteiger partial charge is 0.366 e. The topological polar surface area (TPSA) is 80.8 Å². The van der Waals surface area contributed by atoms with Crippen LogP contribution < -0.4 is 0 Å². The summed E-state index contributed by atoms with van der Waals surface area (Å²) < 4.78 is 5.86. The summed E-state index contributed by atoms with van der Waals surface area (Å²) in [5.74, 6) is 9.21. The summed E-state index contributed by atoms with van der Waals surface area (Å²) in [7, 11) is 0. The average Bonchev–Trinajstić information content (AvgIpc) is 4.05. The van der Waals surface area contributed by atoms with Gasteiger partial charge in [-0.2, -0.15) is 0 Å². The maximum atomic E-state index is 12.2. The molecule has 79 heavy (non-hydrogen) atoms. The number of ketones is 3. The standard InChI is InChI=1S/4C15H24O.C14H22O/c1-13(2)9-11-10(13)5-7-15(4)12(16)6-8-14(11,15)3;1-10-5-6-13-15(4,16-13)8-7-12-11(10)9-14(12,2)3;1-11-5-7-15(4,10-16)8-6-13-12(11)9-14(13,2)3;1-10-5-6-12(11(2)16)7-8-14-13(10)9-15(14,3)4;1-10-5-4-6-13(15)11-9-14(2,3)12(11)8-7-10/h10-11H,5-9H2,1-4H3;11-13H,1,5-9H2,2-4H3;10,12-13H,1,5-9H2,2-4H3;12-14H,1,5-9H2,2-4H3;5,11-12H,4,6-9H2,1-3H3/b;;;;10-5+/t;11-,12-,13?,15?;12-,13-,15?;12?,13-,14-;11-,12+/m.1110/s1. The number of aldehydes is 1. The number of ether oxygens (including phenoxy) is 1. The van der Waals surface area contributed by atoms with E-state index in [2.05, 4.69) is 130 Å². The predicted molar refractivity (Wildman–Crippen MR) is 328 cm³/mol. The minimum absolute atomic E-state index is 0.0185. The second-order valence-corrected chi connectivity index (χ2v) is 34.0. The van der Waals surface area contributed by atoms with Crippen molar-refractivity contribution in [2.24, 2.45) is 108 Å². The Bertz CT molecular complexity index is 2370. The second kappa shape index (κ2) is 22.5. The molecular formula is C74H118O5. The van der Waals surface area contributed by atoms with Crippen molar-refractivity contribution in [3.05, 3.63) is 48.1 Å². The van der Waals surface area contributed by atoms with Gasteiger partial charge in [0, 0.05) is 35.5 Å². The normalized spacial score (nSPS) is 44.8. The lowest BCUT2D eigenvalue weighted by atomic mass is 9.39. The number of allylic oxidation sites excluding steroid dienone is 5. The number of hydrogen-bond acceptors (Lipinski definition) is 5. The highest BCUT2D eigenvalue weighted by molar-refractivity contribution is 5.88. The van der Waals surface area contributed by atoms with Crippen molar-refractivity contribution >= 4 is 23.6 Å². The molecule has 1 heterocycles. The fourth-order valence-electron chi connectivity index (χ4n) is 20.0. The van der Waals surface area contributed by atoms with Gasteiger partial charge < -0.3 is 9.53 Å². The van der Waals surface area contributed by atoms with Crippen LogP contribution in [0, 0.1) is 108 Å². The van der Waals surface area contributed by atoms with E-state index in [-0.39, 0.29) is 16.4 Å². The highest BCUT2D eigenvalue weighted by Gasteiger charge is 2.67. The minimum Gasteiger partial charge on any atom is -0.366 e. The molecule has 12 aliphatic rings. The zero-order chi connectivity index (χ0) is 58.3. The fourth-order valence-corrected chi connectivity index (χ4v) is 20.0. The molecular weight excluding hydrogens is 969 g/mol. The highest BCUT2D eigenvalue weighted by Crippen LogP contribution is 2.72. The van der Waals surface area contributed by atoms with E-state index in [1.165, 1.54) is 112 Å². The van der Waals surface area contributed by atoms with E-state index in [4.69, 9.17) is 4.74 Å². The van der Waals surface area contributed by atoms with Crippen molar-refractivity contribution in [2.75, 3.05) is 0 Å². The summed E-state index contributed by atoms with van der Waals surface area (Å²) >= 11 is 0. The quantitative estimate of drug-likeness (QED) is 0.156. The first-order valence-electron chi connectivity index (χ1n) is 32.9. The summed E-state index contributed by atoms with van der Waals surface area (Å²) in [6.07, 6.45) is 32.7. The Kier molecular flexibility index (Phi) is 17.9. The van der Waals surface area contributed by atoms with E-state index < -0.39 is 0 Å². The zero-order valence-electron chi connectivity index (χ0n) is 53.9. The van der Waals surface area contributed by atoms with E-state index in [9.17, 15) is 19.2 Å². The first-order valence-corrected chi connectivity index (χ1v) is 32.9. The summed E-state index contributed by atoms with van der Waals surface area (Å²) in [6.45, 7) is 49.6. The van der Waals surface area contributed by atoms with Gasteiger partial charge in [0.15, 0.2) is 0 Å². The van der Waals surface area contributed by atoms with Crippen LogP contribution in [0.25, 0.3) is 0 Å². The molecule has 0 aromatic rings. The lowest BCUT2D eigenvalue weighted by molar-refractivity contribution is -0.173. The highest BCUT2D eigenvalue weighted by atomic mass is 16.6. The van der Waals surface area contributed by atoms with Gasteiger partial charge in [-0.3, -0.25) is 14.4 Å². The second-order valence-electron chi connectivity index (χ2n) is 34.0. The van der Waals surface area contributed by atoms with Crippen molar-refractivity contribution in [1.29, 1.82) is 0 Å². The lowest BCUT2D eigenvalue weighted by Crippen LogP contribution is -2.59. The predicted octanol–water partition coefficient (Wildman–Crippen LogP) is 19.5. The Balaban J connectivity index is 0.000000130. The molecule has 1 aliphatic heterocycles. The molecule has 0 spiro atoms. The Morgan fingerprint density at radius 1 is 0.506 bits per heavy atom. The van der Waals surface area contributed by atoms with Crippen LogP contribution in [0.1, 0.15) is 271 Å². The van der Waals surface area contributed by atoms with Gasteiger partial charge in [-0.1, -0.05) is 138 Å². The third-order valence-electron chi connectivity index (χ3n) is 26.7. The van der Waals surface area contributed by atoms with Crippen molar-refractivity contribution in [1.82, 2.24) is 0 Å². The van der Waals surface area contributed by atoms with Crippen molar-refractivity contribution in [3.63, 3.8) is 0 Å². The van der Waals surface area contributed by atoms with Crippen molar-refractivity contribution < 1.29 is 23.9 Å². The number of rotatable bonds is 2. The van der Waals surface area contributed by atoms with Gasteiger partial charge in [0.05, 0.1) is 11.7 Å². The zero-order valence-corrected chi connectivity index (χ0v) is 53.9. The summed E-state index contributed by atoms with van der Waals surface area (Å²) in [5, 5.41) is 0. The van der Waals surface area contributed by atoms with Crippen LogP contribution in [0.5, 0.6) is 0 Å². The number of carbonyl (C=O) groups excluding carboxylic acids is 4. The monoisotopic (exact) mass is 1090 g/mol. The van der Waals surface area contributed by atoms with E-state index in [1.54, 1.807) is 6.92 Å². The molecule has 0 aromatic heterocycles. The van der Waals surface area contributed by atoms with Crippen LogP contribution in [-0.2, 0) is 23.9 Å². The van der Waals surface area contributed by atoms with Crippen LogP contribution in [0.15, 0.2) is 48.1 Å². The van der Waals surface area contributed by atoms with Crippen LogP contribution in [-0.4, -0.2) is 35.3 Å². The first-order chi connectivity index (χ1) is 36.5. The molecule has 0 amide bonds. The van der Waals surface area contributed by atoms with Crippen LogP contribution in [0.2, 0.25) is 0 Å². The third-order valence-corrected chi connectivity index (χ3v) is 26.7. The van der Waals surface area contributed by atoms with Gasteiger partial charge in [0.1, 0.15) is 23.6 Å². The fraction of sp³-hybridized carbons (Fsp3) is 0.838. The molecule has 16 atom stereocenters. The average molecular weight is 1090 g/mol. The van der Waals surface area contributed by atoms with Gasteiger partial charge in [0.2, 0.25) is 0 Å². The minimum atomic E-state index is -0.0976. The van der Waals surface area contributed by atoms with Gasteiger partial charge >= 0.3 is 0 Å². The van der Waals surface area contributed by atoms with Gasteiger partial charge in [-0.15, -0.1) is 0 Å². The summed E-state index contributed by atoms with van der Waals surface area (Å²) in [5.41, 5.74) is 8.70. The maximum Gasteiger partial charge on any atom is 0.139 e. The molecule has 5 nitrogen and oxygen atoms in total. The smallest absolute Gasteiger partial charge is 0.139 e. The third kappa shape index (κ3) is 12.4. The molecule has 12 rings (SSSR count). The molecule has 11 aliphatic carbocycles. The molecule has 10 saturated carbocycles. The maximum absolute atomic E-state index is 12.2. The van der Waals surface area contributed by atoms with Crippen LogP contribution in [0.3, 0.4) is 0 Å². The summed E-state index contributed by atoms with van der Waals surface area (Å²) in [6, 6.07) is 0. The number of Topliss-reactive ketones (excluding diaryl/α,β-unsaturated/α-hetero) is 3. The molecule has 11 fully saturated rings. The molecule has 8 unspecified atom stereocenters. The molecule has 0 aromatic carbocycles. The Morgan fingerprint density at radius 3 is 1.54 bits per heavy atom. The first kappa shape index (κ1) is 62.6. The number of fused-ring (bicyclic) bond motifs is 8. The Hall–Kier alpha value is -2.40. The van der Waals surface area contributed by atoms with Crippen LogP contribution in [0.4, 0.5) is 0 Å². The molecule has 5 heteroatoms. The van der Waals surface area contributed by atoms with Crippen molar-refractivity contribution in [2.45, 2.75) is 283 Å². The Morgan fingerprint density at radius 2 is 1.00 bits per heavy atom. The Labute approximate surface area is 484 Å². The van der Waals surface area contributed by atoms with Gasteiger partial charge in [-0.25, -0.2) is 0 Å². The molecule has 0 bridgehead atoms. The van der Waals surface area contributed by atoms with E-state index in [0.717, 1.165) is 124 Å². The molecule has 444 valence electrons. The number of hydrogen-bond donors (Lipinski definition) is 0. The SMILES string of the molecule is C/C1=C\CCC(=O)[C@H]2CC(C)(C)[C@@H]2CC1.C=C1CCC(C(C)=O)CC[C@@H]2[C@@H]1CC2(C)C.C=C1CCC(C)(C=O)CC[C@@H]2[C@@H]1CC2(C)C.C=C1CCC2OC2(C)CC[C@@H]2[C@@H]1CC2(C)C.CC1(C)CC2C1CCC1(C)C(=O)CCC21C. The van der Waals surface area contributed by atoms with E-state index in [0.29, 0.717) is 73.7 Å².